The zero-order valence-electron chi connectivity index (χ0n) is 78.5. The predicted octanol–water partition coefficient (Wildman–Crippen LogP) is 22.2. The maximum Gasteiger partial charge on any atom is 0.352 e. The highest BCUT2D eigenvalue weighted by Crippen LogP contribution is 2.49. The fourth-order valence-electron chi connectivity index (χ4n) is 19.8. The number of hydrogen-bond donors (Lipinski definition) is 7. The molecule has 36 heteroatoms. The van der Waals surface area contributed by atoms with Gasteiger partial charge in [0.2, 0.25) is 5.91 Å². The van der Waals surface area contributed by atoms with Crippen molar-refractivity contribution in [2.45, 2.75) is 249 Å². The summed E-state index contributed by atoms with van der Waals surface area (Å²) in [6.45, 7) is 24.4. The molecule has 8 aromatic carbocycles. The Morgan fingerprint density at radius 1 is 0.350 bits per heavy atom. The van der Waals surface area contributed by atoms with Crippen LogP contribution in [0.1, 0.15) is 223 Å². The van der Waals surface area contributed by atoms with E-state index in [1.807, 2.05) is 13.8 Å². The summed E-state index contributed by atoms with van der Waals surface area (Å²) in [5, 5.41) is 18.8. The molecule has 7 fully saturated rings. The first-order valence-corrected chi connectivity index (χ1v) is 46.0. The molecule has 15 rings (SSSR count). The van der Waals surface area contributed by atoms with Gasteiger partial charge in [-0.15, -0.1) is 0 Å². The molecule has 19 nitrogen and oxygen atoms in total. The van der Waals surface area contributed by atoms with Crippen molar-refractivity contribution in [3.63, 3.8) is 0 Å². The SMILES string of the molecule is C=C(C)NC1C[C@H]2CCC[C@@H](C1)N2C(=O)C(F)(F)c1cc(C(=O)Nc2ccc(F)c(C)c2)ccc1F.C=C(C)NC1C[C@H]2CCC[C@@H](C1)N2C(=O)C(F)(F)c1cc(C(=O)Nc2ccc(F)c(C)c2)ccc1F.C=C(N1[C@@H]2CCC[C@H]1CC(C)C2)C(F)(F)c1cc(C(=O)Nc2ccc(F)c(C)c2)ccc1F.CC(=O)NC1CCN(C(=O)C(F)(F)c2cc(C(=O)Nc3ccc(F)c(C)c3)ccc2F)CC1(C)F. The normalized spacial score (nSPS) is 21.6. The number of halogens is 17. The molecule has 7 aliphatic heterocycles. The third-order valence-electron chi connectivity index (χ3n) is 26.5. The van der Waals surface area contributed by atoms with Crippen molar-refractivity contribution in [1.29, 1.82) is 0 Å². The molecule has 11 atom stereocenters. The van der Waals surface area contributed by atoms with E-state index in [4.69, 9.17) is 0 Å². The maximum absolute atomic E-state index is 15.6. The van der Waals surface area contributed by atoms with Crippen LogP contribution >= 0.6 is 0 Å². The van der Waals surface area contributed by atoms with Crippen LogP contribution in [0, 0.1) is 80.2 Å². The lowest BCUT2D eigenvalue weighted by Gasteiger charge is -2.51. The molecule has 0 aromatic heterocycles. The van der Waals surface area contributed by atoms with Crippen molar-refractivity contribution in [1.82, 2.24) is 35.6 Å². The van der Waals surface area contributed by atoms with Crippen LogP contribution in [0.15, 0.2) is 182 Å². The summed E-state index contributed by atoms with van der Waals surface area (Å²) in [6, 6.07) is 23.1. The zero-order chi connectivity index (χ0) is 102. The molecule has 0 radical (unpaired) electrons. The fourth-order valence-corrected chi connectivity index (χ4v) is 19.8. The van der Waals surface area contributed by atoms with Crippen molar-refractivity contribution in [3.8, 4) is 0 Å². The van der Waals surface area contributed by atoms with Crippen molar-refractivity contribution in [3.05, 3.63) is 296 Å². The minimum Gasteiger partial charge on any atom is -0.386 e. The smallest absolute Gasteiger partial charge is 0.352 e. The number of amides is 8. The van der Waals surface area contributed by atoms with E-state index < -0.39 is 164 Å². The van der Waals surface area contributed by atoms with Gasteiger partial charge in [-0.25, -0.2) is 39.5 Å². The summed E-state index contributed by atoms with van der Waals surface area (Å²) in [4.78, 5) is 106. The van der Waals surface area contributed by atoms with E-state index in [9.17, 15) is 73.5 Å². The fraction of sp³-hybridized carbons (Fsp3) is 0.404. The number of hydrogen-bond acceptors (Lipinski definition) is 11. The summed E-state index contributed by atoms with van der Waals surface area (Å²) in [6.07, 6.45) is 10.2. The average molecular weight is 1970 g/mol. The lowest BCUT2D eigenvalue weighted by molar-refractivity contribution is -0.170. The van der Waals surface area contributed by atoms with Gasteiger partial charge < -0.3 is 56.8 Å². The molecule has 7 N–H and O–H groups in total. The Hall–Kier alpha value is -13.1. The first-order chi connectivity index (χ1) is 65.7. The van der Waals surface area contributed by atoms with Gasteiger partial charge in [-0.1, -0.05) is 26.7 Å². The molecular weight excluding hydrogens is 1850 g/mol. The van der Waals surface area contributed by atoms with E-state index in [1.54, 1.807) is 11.8 Å². The Balaban J connectivity index is 0.000000167. The highest BCUT2D eigenvalue weighted by Gasteiger charge is 2.56. The number of likely N-dealkylation sites (tertiary alicyclic amines) is 1. The minimum absolute atomic E-state index is 0.0258. The summed E-state index contributed by atoms with van der Waals surface area (Å²) in [5.74, 6) is -31.2. The van der Waals surface area contributed by atoms with Crippen LogP contribution in [-0.4, -0.2) is 140 Å². The average Bonchev–Trinajstić information content (AvgIpc) is 0.749. The first-order valence-electron chi connectivity index (χ1n) is 46.0. The number of aryl methyl sites for hydroxylation is 4. The molecule has 6 bridgehead atoms. The summed E-state index contributed by atoms with van der Waals surface area (Å²) < 4.78 is 251. The summed E-state index contributed by atoms with van der Waals surface area (Å²) in [7, 11) is 0. The molecule has 5 unspecified atom stereocenters. The van der Waals surface area contributed by atoms with Gasteiger partial charge in [-0.05, 0) is 325 Å². The van der Waals surface area contributed by atoms with Crippen LogP contribution in [-0.2, 0) is 42.9 Å². The van der Waals surface area contributed by atoms with Gasteiger partial charge in [0.1, 0.15) is 52.2 Å². The molecule has 140 heavy (non-hydrogen) atoms. The van der Waals surface area contributed by atoms with Crippen molar-refractivity contribution in [2.75, 3.05) is 34.4 Å². The van der Waals surface area contributed by atoms with E-state index >= 15 is 39.5 Å². The Labute approximate surface area is 799 Å². The Morgan fingerprint density at radius 2 is 0.614 bits per heavy atom. The van der Waals surface area contributed by atoms with Gasteiger partial charge in [-0.2, -0.15) is 35.1 Å². The molecule has 0 aliphatic carbocycles. The van der Waals surface area contributed by atoms with Crippen LogP contribution < -0.4 is 37.2 Å². The van der Waals surface area contributed by atoms with Gasteiger partial charge in [-0.3, -0.25) is 38.4 Å². The van der Waals surface area contributed by atoms with Gasteiger partial charge in [0.05, 0.1) is 40.5 Å². The lowest BCUT2D eigenvalue weighted by atomic mass is 9.78. The predicted molar refractivity (Wildman–Crippen MR) is 495 cm³/mol. The number of anilines is 4. The Kier molecular flexibility index (Phi) is 32.8. The van der Waals surface area contributed by atoms with E-state index in [2.05, 4.69) is 63.9 Å². The number of allylic oxidation sites excluding steroid dienone is 3. The number of rotatable bonds is 22. The molecule has 7 saturated heterocycles. The van der Waals surface area contributed by atoms with Gasteiger partial charge in [0.25, 0.3) is 41.4 Å². The summed E-state index contributed by atoms with van der Waals surface area (Å²) in [5.41, 5.74) is -4.35. The van der Waals surface area contributed by atoms with Crippen molar-refractivity contribution < 1.29 is 113 Å². The number of alkyl halides is 9. The Bertz CT molecular complexity index is 5870. The number of piperidine rings is 7. The minimum atomic E-state index is -4.40. The standard InChI is InChI=1S/2C27H29F4N3O2.C26H28F4N2O.C24H24F5N3O3/c2*1-15(2)32-19-13-20-5-4-6-21(14-19)34(20)26(36)27(30,31)22-12-17(7-9-24(22)29)25(35)33-18-8-10-23(28)16(3)11-18;1-15-11-20-5-4-6-21(12-15)32(20)17(3)26(29,30)22-14-18(7-9-24(22)28)25(33)31-19-8-10-23(27)16(2)13-19;1-13-10-16(5-7-18(13)25)31-21(34)15-4-6-19(26)17(11-15)24(28,29)22(35)32-9-8-20(30-14(2)33)23(3,27)12-32/h2*7-12,19-21,32H,1,4-6,13-14H2,2-3H3,(H,33,35);7-10,13-15,20-21H,3-6,11-12H2,1-2H3,(H,31,33);4-7,10-11,20H,8-9,12H2,1-3H3,(H,30,33)(H,31,34)/t2*19?,20-,21+;15?,20-,21+;. The van der Waals surface area contributed by atoms with Crippen LogP contribution in [0.2, 0.25) is 0 Å². The van der Waals surface area contributed by atoms with Crippen LogP contribution in [0.5, 0.6) is 0 Å². The highest BCUT2D eigenvalue weighted by atomic mass is 19.3. The second-order valence-corrected chi connectivity index (χ2v) is 37.6. The molecule has 0 saturated carbocycles. The summed E-state index contributed by atoms with van der Waals surface area (Å²) >= 11 is 0. The zero-order valence-corrected chi connectivity index (χ0v) is 78.5. The third-order valence-corrected chi connectivity index (χ3v) is 26.5. The molecule has 8 amide bonds. The molecule has 748 valence electrons. The van der Waals surface area contributed by atoms with Gasteiger partial charge in [0, 0.05) is 118 Å². The van der Waals surface area contributed by atoms with Crippen molar-refractivity contribution >= 4 is 70.0 Å². The highest BCUT2D eigenvalue weighted by molar-refractivity contribution is 6.07. The second-order valence-electron chi connectivity index (χ2n) is 37.6. The van der Waals surface area contributed by atoms with Crippen LogP contribution in [0.3, 0.4) is 0 Å². The van der Waals surface area contributed by atoms with Crippen LogP contribution in [0.25, 0.3) is 0 Å². The largest absolute Gasteiger partial charge is 0.386 e. The number of benzene rings is 8. The van der Waals surface area contributed by atoms with Crippen LogP contribution in [0.4, 0.5) is 97.4 Å². The second kappa shape index (κ2) is 43.4. The monoisotopic (exact) mass is 1960 g/mol. The number of nitrogens with one attached hydrogen (secondary N) is 7. The Morgan fingerprint density at radius 3 is 0.879 bits per heavy atom. The quantitative estimate of drug-likeness (QED) is 0.0315. The van der Waals surface area contributed by atoms with E-state index in [-0.39, 0.29) is 117 Å². The maximum atomic E-state index is 15.6. The molecule has 7 aliphatic rings. The number of carbonyl (C=O) groups excluding carboxylic acids is 8. The lowest BCUT2D eigenvalue weighted by Crippen LogP contribution is -2.61. The van der Waals surface area contributed by atoms with Gasteiger partial charge >= 0.3 is 23.7 Å². The van der Waals surface area contributed by atoms with E-state index in [1.165, 1.54) is 104 Å². The number of nitrogens with zero attached hydrogens (tertiary/aromatic N) is 4. The van der Waals surface area contributed by atoms with Crippen molar-refractivity contribution in [2.24, 2.45) is 5.92 Å². The molecule has 8 aromatic rings. The van der Waals surface area contributed by atoms with E-state index in [0.717, 1.165) is 118 Å². The topological polar surface area (TPSA) is 234 Å². The molecular formula is C104H110F17N11O8. The van der Waals surface area contributed by atoms with Gasteiger partial charge in [0.15, 0.2) is 0 Å². The number of carbonyl (C=O) groups is 8. The first kappa shape index (κ1) is 106. The third kappa shape index (κ3) is 24.3. The number of fused-ring (bicyclic) bond motifs is 6. The molecule has 7 heterocycles. The molecule has 0 spiro atoms. The van der Waals surface area contributed by atoms with E-state index in [0.29, 0.717) is 97.7 Å².